The topological polar surface area (TPSA) is 29.5 Å². The number of aliphatic hydroxyl groups excluding tert-OH is 1. The molecule has 2 aromatic carbocycles. The van der Waals surface area contributed by atoms with Crippen LogP contribution in [0.5, 0.6) is 5.75 Å². The number of methoxy groups -OCH3 is 1. The maximum Gasteiger partial charge on any atom is 0.137 e. The van der Waals surface area contributed by atoms with Crippen LogP contribution in [-0.4, -0.2) is 12.2 Å². The van der Waals surface area contributed by atoms with Gasteiger partial charge in [0.2, 0.25) is 0 Å². The van der Waals surface area contributed by atoms with E-state index in [0.29, 0.717) is 21.4 Å². The highest BCUT2D eigenvalue weighted by molar-refractivity contribution is 6.32. The largest absolute Gasteiger partial charge is 0.495 e. The van der Waals surface area contributed by atoms with E-state index in [1.54, 1.807) is 24.3 Å². The van der Waals surface area contributed by atoms with E-state index in [2.05, 4.69) is 0 Å². The minimum absolute atomic E-state index is 0.0775. The lowest BCUT2D eigenvalue weighted by molar-refractivity contribution is 0.177. The molecule has 0 bridgehead atoms. The molecular formula is C15H13Cl2FO2. The number of ether oxygens (including phenoxy) is 1. The van der Waals surface area contributed by atoms with Gasteiger partial charge in [-0.05, 0) is 29.8 Å². The SMILES string of the molecule is COc1ccc(C(O)Cc2c(F)cccc2Cl)cc1Cl. The van der Waals surface area contributed by atoms with Gasteiger partial charge in [0.1, 0.15) is 11.6 Å². The van der Waals surface area contributed by atoms with Crippen LogP contribution in [0.15, 0.2) is 36.4 Å². The Morgan fingerprint density at radius 2 is 1.95 bits per heavy atom. The number of benzene rings is 2. The molecule has 2 rings (SSSR count). The molecule has 0 fully saturated rings. The summed E-state index contributed by atoms with van der Waals surface area (Å²) in [6, 6.07) is 9.37. The summed E-state index contributed by atoms with van der Waals surface area (Å²) in [7, 11) is 1.51. The highest BCUT2D eigenvalue weighted by Crippen LogP contribution is 2.30. The van der Waals surface area contributed by atoms with Gasteiger partial charge in [-0.25, -0.2) is 4.39 Å². The molecule has 1 unspecified atom stereocenters. The average molecular weight is 315 g/mol. The summed E-state index contributed by atoms with van der Waals surface area (Å²) in [5.74, 6) is 0.0858. The van der Waals surface area contributed by atoms with Crippen LogP contribution < -0.4 is 4.74 Å². The Morgan fingerprint density at radius 3 is 2.55 bits per heavy atom. The molecule has 0 radical (unpaired) electrons. The van der Waals surface area contributed by atoms with E-state index >= 15 is 0 Å². The quantitative estimate of drug-likeness (QED) is 0.905. The molecule has 0 saturated carbocycles. The van der Waals surface area contributed by atoms with Gasteiger partial charge in [-0.2, -0.15) is 0 Å². The molecule has 1 N–H and O–H groups in total. The van der Waals surface area contributed by atoms with Crippen LogP contribution in [0.25, 0.3) is 0 Å². The fraction of sp³-hybridized carbons (Fsp3) is 0.200. The van der Waals surface area contributed by atoms with Crippen molar-refractivity contribution in [3.05, 3.63) is 63.4 Å². The molecule has 20 heavy (non-hydrogen) atoms. The Balaban J connectivity index is 2.24. The summed E-state index contributed by atoms with van der Waals surface area (Å²) in [6.07, 6.45) is -0.818. The van der Waals surface area contributed by atoms with Gasteiger partial charge in [0, 0.05) is 17.0 Å². The van der Waals surface area contributed by atoms with Crippen molar-refractivity contribution in [2.45, 2.75) is 12.5 Å². The van der Waals surface area contributed by atoms with Crippen molar-refractivity contribution in [3.8, 4) is 5.75 Å². The van der Waals surface area contributed by atoms with E-state index in [1.165, 1.54) is 19.2 Å². The minimum Gasteiger partial charge on any atom is -0.495 e. The molecule has 106 valence electrons. The molecule has 0 aliphatic rings. The van der Waals surface area contributed by atoms with E-state index in [1.807, 2.05) is 0 Å². The smallest absolute Gasteiger partial charge is 0.137 e. The molecule has 1 atom stereocenters. The van der Waals surface area contributed by atoms with Crippen LogP contribution in [-0.2, 0) is 6.42 Å². The normalized spacial score (nSPS) is 12.2. The van der Waals surface area contributed by atoms with E-state index in [-0.39, 0.29) is 12.0 Å². The van der Waals surface area contributed by atoms with E-state index in [4.69, 9.17) is 27.9 Å². The second-order valence-electron chi connectivity index (χ2n) is 4.31. The Kier molecular flexibility index (Phi) is 4.86. The third-order valence-corrected chi connectivity index (χ3v) is 3.67. The second-order valence-corrected chi connectivity index (χ2v) is 5.13. The van der Waals surface area contributed by atoms with Gasteiger partial charge in [0.05, 0.1) is 18.2 Å². The first kappa shape index (κ1) is 15.1. The number of hydrogen-bond acceptors (Lipinski definition) is 2. The third-order valence-electron chi connectivity index (χ3n) is 3.02. The predicted octanol–water partition coefficient (Wildman–Crippen LogP) is 4.42. The van der Waals surface area contributed by atoms with Gasteiger partial charge >= 0.3 is 0 Å². The van der Waals surface area contributed by atoms with Gasteiger partial charge in [-0.3, -0.25) is 0 Å². The predicted molar refractivity (Wildman–Crippen MR) is 78.1 cm³/mol. The first-order valence-corrected chi connectivity index (χ1v) is 6.73. The first-order valence-electron chi connectivity index (χ1n) is 5.97. The van der Waals surface area contributed by atoms with Crippen LogP contribution in [0.1, 0.15) is 17.2 Å². The Labute approximate surface area is 126 Å². The van der Waals surface area contributed by atoms with E-state index < -0.39 is 11.9 Å². The molecule has 0 aliphatic carbocycles. The van der Waals surface area contributed by atoms with Gasteiger partial charge in [0.25, 0.3) is 0 Å². The molecule has 0 aromatic heterocycles. The molecule has 2 nitrogen and oxygen atoms in total. The Hall–Kier alpha value is -1.29. The number of aliphatic hydroxyl groups is 1. The molecular weight excluding hydrogens is 302 g/mol. The van der Waals surface area contributed by atoms with Crippen LogP contribution >= 0.6 is 23.2 Å². The van der Waals surface area contributed by atoms with Crippen LogP contribution in [0.3, 0.4) is 0 Å². The van der Waals surface area contributed by atoms with Crippen molar-refractivity contribution >= 4 is 23.2 Å². The lowest BCUT2D eigenvalue weighted by Crippen LogP contribution is -2.04. The minimum atomic E-state index is -0.896. The zero-order chi connectivity index (χ0) is 14.7. The molecule has 0 aliphatic heterocycles. The lowest BCUT2D eigenvalue weighted by Gasteiger charge is -2.14. The van der Waals surface area contributed by atoms with Crippen LogP contribution in [0, 0.1) is 5.82 Å². The molecule has 5 heteroatoms. The molecule has 2 aromatic rings. The fourth-order valence-electron chi connectivity index (χ4n) is 1.93. The molecule has 0 saturated heterocycles. The van der Waals surface area contributed by atoms with Gasteiger partial charge in [0.15, 0.2) is 0 Å². The highest BCUT2D eigenvalue weighted by atomic mass is 35.5. The van der Waals surface area contributed by atoms with Gasteiger partial charge < -0.3 is 9.84 Å². The van der Waals surface area contributed by atoms with Gasteiger partial charge in [-0.1, -0.05) is 35.3 Å². The second kappa shape index (κ2) is 6.44. The zero-order valence-electron chi connectivity index (χ0n) is 10.7. The summed E-state index contributed by atoms with van der Waals surface area (Å²) in [5, 5.41) is 10.9. The highest BCUT2D eigenvalue weighted by Gasteiger charge is 2.15. The first-order chi connectivity index (χ1) is 9.52. The molecule has 0 heterocycles. The van der Waals surface area contributed by atoms with Gasteiger partial charge in [-0.15, -0.1) is 0 Å². The summed E-state index contributed by atoms with van der Waals surface area (Å²) in [5.41, 5.74) is 0.865. The molecule has 0 spiro atoms. The summed E-state index contributed by atoms with van der Waals surface area (Å²) in [6.45, 7) is 0. The fourth-order valence-corrected chi connectivity index (χ4v) is 2.43. The number of halogens is 3. The Morgan fingerprint density at radius 1 is 1.20 bits per heavy atom. The number of hydrogen-bond donors (Lipinski definition) is 1. The summed E-state index contributed by atoms with van der Waals surface area (Å²) >= 11 is 11.9. The van der Waals surface area contributed by atoms with E-state index in [9.17, 15) is 9.50 Å². The van der Waals surface area contributed by atoms with Crippen molar-refractivity contribution in [3.63, 3.8) is 0 Å². The maximum atomic E-state index is 13.7. The van der Waals surface area contributed by atoms with Crippen LogP contribution in [0.4, 0.5) is 4.39 Å². The van der Waals surface area contributed by atoms with Crippen molar-refractivity contribution in [1.29, 1.82) is 0 Å². The lowest BCUT2D eigenvalue weighted by atomic mass is 10.0. The monoisotopic (exact) mass is 314 g/mol. The maximum absolute atomic E-state index is 13.7. The van der Waals surface area contributed by atoms with E-state index in [0.717, 1.165) is 0 Å². The molecule has 0 amide bonds. The van der Waals surface area contributed by atoms with Crippen molar-refractivity contribution in [2.24, 2.45) is 0 Å². The zero-order valence-corrected chi connectivity index (χ0v) is 12.2. The van der Waals surface area contributed by atoms with Crippen molar-refractivity contribution in [2.75, 3.05) is 7.11 Å². The summed E-state index contributed by atoms with van der Waals surface area (Å²) < 4.78 is 18.7. The van der Waals surface area contributed by atoms with Crippen molar-refractivity contribution in [1.82, 2.24) is 0 Å². The standard InChI is InChI=1S/C15H13Cl2FO2/c1-20-15-6-5-9(7-12(15)17)14(19)8-10-11(16)3-2-4-13(10)18/h2-7,14,19H,8H2,1H3. The Bertz CT molecular complexity index is 597. The van der Waals surface area contributed by atoms with Crippen molar-refractivity contribution < 1.29 is 14.2 Å². The number of rotatable bonds is 4. The average Bonchev–Trinajstić information content (AvgIpc) is 2.42. The summed E-state index contributed by atoms with van der Waals surface area (Å²) in [4.78, 5) is 0. The third kappa shape index (κ3) is 3.23. The van der Waals surface area contributed by atoms with Crippen LogP contribution in [0.2, 0.25) is 10.0 Å².